The molecule has 1 aromatic rings. The van der Waals surface area contributed by atoms with Crippen LogP contribution in [0.4, 0.5) is 0 Å². The second kappa shape index (κ2) is 7.43. The molecule has 0 radical (unpaired) electrons. The van der Waals surface area contributed by atoms with Crippen molar-refractivity contribution in [2.45, 2.75) is 51.0 Å². The van der Waals surface area contributed by atoms with Crippen LogP contribution in [-0.2, 0) is 29.3 Å². The van der Waals surface area contributed by atoms with Crippen LogP contribution in [0.15, 0.2) is 24.3 Å². The van der Waals surface area contributed by atoms with Crippen molar-refractivity contribution >= 4 is 17.7 Å². The first-order valence-corrected chi connectivity index (χ1v) is 8.95. The summed E-state index contributed by atoms with van der Waals surface area (Å²) in [5.74, 6) is -4.92. The van der Waals surface area contributed by atoms with Crippen LogP contribution < -0.4 is 0 Å². The Bertz CT molecular complexity index is 726. The van der Waals surface area contributed by atoms with Crippen LogP contribution in [0.2, 0.25) is 0 Å². The van der Waals surface area contributed by atoms with Gasteiger partial charge in [0.2, 0.25) is 0 Å². The maximum absolute atomic E-state index is 12.7. The van der Waals surface area contributed by atoms with Crippen LogP contribution in [0.1, 0.15) is 51.2 Å². The number of Topliss-reactive ketones (excluding diaryl/α,β-unsaturated/α-hetero) is 1. The van der Waals surface area contributed by atoms with Gasteiger partial charge >= 0.3 is 11.9 Å². The maximum Gasteiger partial charge on any atom is 0.316 e. The van der Waals surface area contributed by atoms with Crippen molar-refractivity contribution in [1.29, 1.82) is 0 Å². The molecule has 0 saturated heterocycles. The Labute approximate surface area is 159 Å². The van der Waals surface area contributed by atoms with Gasteiger partial charge < -0.3 is 14.6 Å². The topological polar surface area (TPSA) is 89.9 Å². The molecule has 1 saturated carbocycles. The van der Waals surface area contributed by atoms with Crippen molar-refractivity contribution in [3.63, 3.8) is 0 Å². The van der Waals surface area contributed by atoms with E-state index < -0.39 is 41.1 Å². The molecule has 0 amide bonds. The molecule has 1 aromatic carbocycles. The highest BCUT2D eigenvalue weighted by Gasteiger charge is 2.56. The molecule has 1 aliphatic carbocycles. The summed E-state index contributed by atoms with van der Waals surface area (Å²) in [5.41, 5.74) is -0.00988. The average molecular weight is 376 g/mol. The monoisotopic (exact) mass is 376 g/mol. The third-order valence-corrected chi connectivity index (χ3v) is 5.34. The third-order valence-electron chi connectivity index (χ3n) is 5.34. The summed E-state index contributed by atoms with van der Waals surface area (Å²) in [7, 11) is 2.43. The fourth-order valence-electron chi connectivity index (χ4n) is 3.87. The number of carbonyl (C=O) groups excluding carboxylic acids is 3. The van der Waals surface area contributed by atoms with Gasteiger partial charge in [0.15, 0.2) is 5.78 Å². The molecule has 1 aliphatic rings. The second-order valence-corrected chi connectivity index (χ2v) is 8.40. The summed E-state index contributed by atoms with van der Waals surface area (Å²) >= 11 is 0. The summed E-state index contributed by atoms with van der Waals surface area (Å²) in [6, 6.07) is 7.41. The van der Waals surface area contributed by atoms with E-state index in [9.17, 15) is 19.5 Å². The van der Waals surface area contributed by atoms with Gasteiger partial charge in [-0.3, -0.25) is 14.4 Å². The maximum atomic E-state index is 12.7. The Balaban J connectivity index is 2.62. The van der Waals surface area contributed by atoms with Crippen molar-refractivity contribution in [1.82, 2.24) is 0 Å². The van der Waals surface area contributed by atoms with E-state index in [1.165, 1.54) is 21.1 Å². The molecule has 0 heterocycles. The van der Waals surface area contributed by atoms with E-state index in [0.717, 1.165) is 5.56 Å². The van der Waals surface area contributed by atoms with Crippen LogP contribution in [0.25, 0.3) is 0 Å². The van der Waals surface area contributed by atoms with Crippen LogP contribution in [-0.4, -0.2) is 42.6 Å². The van der Waals surface area contributed by atoms with Crippen LogP contribution >= 0.6 is 0 Å². The summed E-state index contributed by atoms with van der Waals surface area (Å²) in [4.78, 5) is 37.6. The lowest BCUT2D eigenvalue weighted by Crippen LogP contribution is -2.55. The molecule has 148 valence electrons. The number of rotatable bonds is 3. The lowest BCUT2D eigenvalue weighted by atomic mass is 9.61. The summed E-state index contributed by atoms with van der Waals surface area (Å²) in [6.07, 6.45) is -0.316. The minimum atomic E-state index is -1.62. The van der Waals surface area contributed by atoms with E-state index in [2.05, 4.69) is 20.8 Å². The van der Waals surface area contributed by atoms with E-state index in [-0.39, 0.29) is 11.8 Å². The first-order chi connectivity index (χ1) is 12.4. The van der Waals surface area contributed by atoms with Gasteiger partial charge in [0.25, 0.3) is 0 Å². The summed E-state index contributed by atoms with van der Waals surface area (Å²) in [6.45, 7) is 7.65. The Morgan fingerprint density at radius 3 is 2.04 bits per heavy atom. The van der Waals surface area contributed by atoms with E-state index in [1.807, 2.05) is 12.1 Å². The molecule has 1 fully saturated rings. The standard InChI is InChI=1S/C21H28O6/c1-20(2,3)13-9-7-12(8-10-13)15-16(18(23)26-5)14(22)11-21(4,25)17(15)19(24)27-6/h7-10,15-17,25H,11H2,1-6H3/t15-,16+,17+,21-/m0/s1. The van der Waals surface area contributed by atoms with Gasteiger partial charge in [0.1, 0.15) is 5.92 Å². The SMILES string of the molecule is COC(=O)[C@@H]1C(=O)C[C@](C)(O)[C@@H](C(=O)OC)[C@H]1c1ccc(C(C)(C)C)cc1. The zero-order valence-corrected chi connectivity index (χ0v) is 16.7. The number of aliphatic hydroxyl groups is 1. The van der Waals surface area contributed by atoms with Gasteiger partial charge in [-0.2, -0.15) is 0 Å². The Morgan fingerprint density at radius 1 is 1.07 bits per heavy atom. The van der Waals surface area contributed by atoms with Crippen LogP contribution in [0, 0.1) is 11.8 Å². The second-order valence-electron chi connectivity index (χ2n) is 8.40. The lowest BCUT2D eigenvalue weighted by Gasteiger charge is -2.43. The van der Waals surface area contributed by atoms with E-state index in [0.29, 0.717) is 5.56 Å². The highest BCUT2D eigenvalue weighted by molar-refractivity contribution is 6.02. The summed E-state index contributed by atoms with van der Waals surface area (Å²) < 4.78 is 9.72. The van der Waals surface area contributed by atoms with Gasteiger partial charge in [-0.1, -0.05) is 45.0 Å². The van der Waals surface area contributed by atoms with Gasteiger partial charge in [-0.25, -0.2) is 0 Å². The van der Waals surface area contributed by atoms with Gasteiger partial charge in [0, 0.05) is 12.3 Å². The minimum absolute atomic E-state index is 0.0735. The molecule has 6 nitrogen and oxygen atoms in total. The predicted molar refractivity (Wildman–Crippen MR) is 99.1 cm³/mol. The molecule has 0 unspecified atom stereocenters. The van der Waals surface area contributed by atoms with E-state index >= 15 is 0 Å². The molecular formula is C21H28O6. The lowest BCUT2D eigenvalue weighted by molar-refractivity contribution is -0.170. The number of carbonyl (C=O) groups is 3. The van der Waals surface area contributed by atoms with Crippen molar-refractivity contribution in [3.8, 4) is 0 Å². The number of methoxy groups -OCH3 is 2. The number of hydrogen-bond acceptors (Lipinski definition) is 6. The molecule has 0 bridgehead atoms. The van der Waals surface area contributed by atoms with Gasteiger partial charge in [0.05, 0.1) is 25.7 Å². The number of hydrogen-bond donors (Lipinski definition) is 1. The predicted octanol–water partition coefficient (Wildman–Crippen LogP) is 2.37. The average Bonchev–Trinajstić information content (AvgIpc) is 2.58. The first kappa shape index (κ1) is 21.1. The Kier molecular flexibility index (Phi) is 5.80. The molecule has 1 N–H and O–H groups in total. The van der Waals surface area contributed by atoms with Crippen molar-refractivity contribution in [2.75, 3.05) is 14.2 Å². The number of benzene rings is 1. The number of ketones is 1. The molecule has 27 heavy (non-hydrogen) atoms. The van der Waals surface area contributed by atoms with Crippen LogP contribution in [0.5, 0.6) is 0 Å². The van der Waals surface area contributed by atoms with E-state index in [1.54, 1.807) is 12.1 Å². The fourth-order valence-corrected chi connectivity index (χ4v) is 3.87. The first-order valence-electron chi connectivity index (χ1n) is 8.95. The molecule has 6 heteroatoms. The van der Waals surface area contributed by atoms with Crippen LogP contribution in [0.3, 0.4) is 0 Å². The Morgan fingerprint density at radius 2 is 1.59 bits per heavy atom. The zero-order chi connectivity index (χ0) is 20.6. The molecular weight excluding hydrogens is 348 g/mol. The van der Waals surface area contributed by atoms with E-state index in [4.69, 9.17) is 9.47 Å². The quantitative estimate of drug-likeness (QED) is 0.643. The highest BCUT2D eigenvalue weighted by Crippen LogP contribution is 2.46. The zero-order valence-electron chi connectivity index (χ0n) is 16.7. The van der Waals surface area contributed by atoms with Gasteiger partial charge in [-0.05, 0) is 23.5 Å². The van der Waals surface area contributed by atoms with Crippen molar-refractivity contribution in [3.05, 3.63) is 35.4 Å². The third kappa shape index (κ3) is 4.05. The molecule has 0 aliphatic heterocycles. The smallest absolute Gasteiger partial charge is 0.316 e. The van der Waals surface area contributed by atoms with Crippen molar-refractivity contribution < 1.29 is 29.0 Å². The largest absolute Gasteiger partial charge is 0.469 e. The van der Waals surface area contributed by atoms with Gasteiger partial charge in [-0.15, -0.1) is 0 Å². The normalized spacial score (nSPS) is 28.6. The fraction of sp³-hybridized carbons (Fsp3) is 0.571. The number of ether oxygens (including phenoxy) is 2. The summed E-state index contributed by atoms with van der Waals surface area (Å²) in [5, 5.41) is 10.8. The molecule has 0 aromatic heterocycles. The number of esters is 2. The minimum Gasteiger partial charge on any atom is -0.469 e. The molecule has 0 spiro atoms. The highest BCUT2D eigenvalue weighted by atomic mass is 16.5. The van der Waals surface area contributed by atoms with Crippen molar-refractivity contribution in [2.24, 2.45) is 11.8 Å². The molecule has 2 rings (SSSR count). The molecule has 4 atom stereocenters. The Hall–Kier alpha value is -2.21.